The van der Waals surface area contributed by atoms with E-state index in [-0.39, 0.29) is 5.82 Å². The second-order valence-corrected chi connectivity index (χ2v) is 4.82. The molecule has 1 aliphatic rings. The minimum Gasteiger partial charge on any atom is -0.373 e. The molecule has 1 N–H and O–H groups in total. The summed E-state index contributed by atoms with van der Waals surface area (Å²) in [5.41, 5.74) is 2.37. The van der Waals surface area contributed by atoms with Gasteiger partial charge < -0.3 is 5.32 Å². The van der Waals surface area contributed by atoms with Crippen LogP contribution in [0.2, 0.25) is 0 Å². The van der Waals surface area contributed by atoms with Gasteiger partial charge in [-0.15, -0.1) is 0 Å². The fourth-order valence-corrected chi connectivity index (χ4v) is 2.12. The number of hydrogen-bond acceptors (Lipinski definition) is 4. The van der Waals surface area contributed by atoms with Gasteiger partial charge in [-0.25, -0.2) is 14.4 Å². The molecule has 0 aromatic carbocycles. The first kappa shape index (κ1) is 12.0. The van der Waals surface area contributed by atoms with E-state index >= 15 is 0 Å². The van der Waals surface area contributed by atoms with Crippen LogP contribution in [0.15, 0.2) is 18.5 Å². The van der Waals surface area contributed by atoms with E-state index in [1.165, 1.54) is 12.3 Å². The van der Waals surface area contributed by atoms with Crippen LogP contribution < -0.4 is 5.32 Å². The Hall–Kier alpha value is -2.04. The lowest BCUT2D eigenvalue weighted by Crippen LogP contribution is -2.04. The minimum atomic E-state index is -0.352. The quantitative estimate of drug-likeness (QED) is 0.919. The molecule has 0 unspecified atom stereocenters. The highest BCUT2D eigenvalue weighted by Gasteiger charge is 2.28. The monoisotopic (exact) mass is 258 g/mol. The van der Waals surface area contributed by atoms with Gasteiger partial charge in [0.1, 0.15) is 17.5 Å². The molecule has 0 aliphatic heterocycles. The smallest absolute Gasteiger partial charge is 0.142 e. The Morgan fingerprint density at radius 2 is 2.05 bits per heavy atom. The van der Waals surface area contributed by atoms with Crippen molar-refractivity contribution in [2.75, 3.05) is 12.4 Å². The standard InChI is InChI=1S/C14H15FN4/c1-8-12(10-5-11(15)7-17-6-10)18-14(9-3-4-9)19-13(8)16-2/h5-7,9H,3-4H2,1-2H3,(H,16,18,19). The van der Waals surface area contributed by atoms with Gasteiger partial charge in [-0.3, -0.25) is 4.98 Å². The summed E-state index contributed by atoms with van der Waals surface area (Å²) >= 11 is 0. The van der Waals surface area contributed by atoms with Crippen molar-refractivity contribution in [2.24, 2.45) is 0 Å². The minimum absolute atomic E-state index is 0.352. The Balaban J connectivity index is 2.15. The topological polar surface area (TPSA) is 50.7 Å². The number of anilines is 1. The van der Waals surface area contributed by atoms with E-state index in [1.807, 2.05) is 14.0 Å². The lowest BCUT2D eigenvalue weighted by Gasteiger charge is -2.12. The third kappa shape index (κ3) is 2.28. The molecule has 0 amide bonds. The van der Waals surface area contributed by atoms with Gasteiger partial charge in [0.15, 0.2) is 0 Å². The van der Waals surface area contributed by atoms with Crippen LogP contribution in [-0.2, 0) is 0 Å². The summed E-state index contributed by atoms with van der Waals surface area (Å²) in [5, 5.41) is 3.08. The van der Waals surface area contributed by atoms with Crippen LogP contribution in [0.4, 0.5) is 10.2 Å². The number of rotatable bonds is 3. The van der Waals surface area contributed by atoms with E-state index in [2.05, 4.69) is 20.3 Å². The number of halogens is 1. The van der Waals surface area contributed by atoms with E-state index in [0.29, 0.717) is 11.5 Å². The predicted octanol–water partition coefficient (Wildman–Crippen LogP) is 2.91. The molecule has 19 heavy (non-hydrogen) atoms. The summed E-state index contributed by atoms with van der Waals surface area (Å²) in [7, 11) is 1.83. The second-order valence-electron chi connectivity index (χ2n) is 4.82. The van der Waals surface area contributed by atoms with Crippen molar-refractivity contribution in [3.63, 3.8) is 0 Å². The molecule has 2 heterocycles. The number of nitrogens with one attached hydrogen (secondary N) is 1. The van der Waals surface area contributed by atoms with Gasteiger partial charge in [-0.2, -0.15) is 0 Å². The molecule has 98 valence electrons. The molecule has 2 aromatic rings. The summed E-state index contributed by atoms with van der Waals surface area (Å²) in [6.45, 7) is 1.93. The van der Waals surface area contributed by atoms with Gasteiger partial charge in [0, 0.05) is 30.3 Å². The van der Waals surface area contributed by atoms with Gasteiger partial charge in [0.05, 0.1) is 11.9 Å². The fraction of sp³-hybridized carbons (Fsp3) is 0.357. The maximum absolute atomic E-state index is 13.3. The zero-order chi connectivity index (χ0) is 13.4. The van der Waals surface area contributed by atoms with Crippen LogP contribution in [0.25, 0.3) is 11.3 Å². The van der Waals surface area contributed by atoms with Gasteiger partial charge in [0.2, 0.25) is 0 Å². The lowest BCUT2D eigenvalue weighted by atomic mass is 10.1. The Morgan fingerprint density at radius 1 is 1.26 bits per heavy atom. The lowest BCUT2D eigenvalue weighted by molar-refractivity contribution is 0.622. The highest BCUT2D eigenvalue weighted by molar-refractivity contribution is 5.67. The van der Waals surface area contributed by atoms with Gasteiger partial charge in [-0.05, 0) is 25.8 Å². The molecular formula is C14H15FN4. The number of aromatic nitrogens is 3. The summed E-state index contributed by atoms with van der Waals surface area (Å²) in [6, 6.07) is 1.46. The van der Waals surface area contributed by atoms with Gasteiger partial charge >= 0.3 is 0 Å². The summed E-state index contributed by atoms with van der Waals surface area (Å²) < 4.78 is 13.3. The molecule has 1 fully saturated rings. The van der Waals surface area contributed by atoms with Crippen molar-refractivity contribution >= 4 is 5.82 Å². The Morgan fingerprint density at radius 3 is 2.68 bits per heavy atom. The SMILES string of the molecule is CNc1nc(C2CC2)nc(-c2cncc(F)c2)c1C. The molecule has 0 radical (unpaired) electrons. The highest BCUT2D eigenvalue weighted by Crippen LogP contribution is 2.40. The molecule has 1 saturated carbocycles. The van der Waals surface area contributed by atoms with E-state index in [0.717, 1.165) is 35.7 Å². The molecule has 3 rings (SSSR count). The molecule has 1 aliphatic carbocycles. The molecule has 2 aromatic heterocycles. The van der Waals surface area contributed by atoms with Crippen LogP contribution in [0.5, 0.6) is 0 Å². The average Bonchev–Trinajstić information content (AvgIpc) is 3.23. The van der Waals surface area contributed by atoms with Crippen molar-refractivity contribution in [2.45, 2.75) is 25.7 Å². The largest absolute Gasteiger partial charge is 0.373 e. The molecule has 4 nitrogen and oxygen atoms in total. The van der Waals surface area contributed by atoms with Crippen LogP contribution in [-0.4, -0.2) is 22.0 Å². The maximum Gasteiger partial charge on any atom is 0.142 e. The van der Waals surface area contributed by atoms with Crippen molar-refractivity contribution in [3.8, 4) is 11.3 Å². The molecule has 0 atom stereocenters. The zero-order valence-electron chi connectivity index (χ0n) is 10.9. The van der Waals surface area contributed by atoms with E-state index in [1.54, 1.807) is 6.20 Å². The predicted molar refractivity (Wildman–Crippen MR) is 71.5 cm³/mol. The van der Waals surface area contributed by atoms with E-state index in [4.69, 9.17) is 0 Å². The molecular weight excluding hydrogens is 243 g/mol. The van der Waals surface area contributed by atoms with E-state index in [9.17, 15) is 4.39 Å². The number of nitrogens with zero attached hydrogens (tertiary/aromatic N) is 3. The summed E-state index contributed by atoms with van der Waals surface area (Å²) in [6.07, 6.45) is 5.09. The normalized spacial score (nSPS) is 14.5. The van der Waals surface area contributed by atoms with Crippen molar-refractivity contribution in [1.82, 2.24) is 15.0 Å². The van der Waals surface area contributed by atoms with Gasteiger partial charge in [0.25, 0.3) is 0 Å². The molecule has 0 spiro atoms. The molecule has 5 heteroatoms. The maximum atomic E-state index is 13.3. The Kier molecular flexibility index (Phi) is 2.89. The van der Waals surface area contributed by atoms with E-state index < -0.39 is 0 Å². The highest BCUT2D eigenvalue weighted by atomic mass is 19.1. The Bertz CT molecular complexity index is 623. The average molecular weight is 258 g/mol. The molecule has 0 bridgehead atoms. The van der Waals surface area contributed by atoms with Crippen LogP contribution in [0.3, 0.4) is 0 Å². The molecule has 0 saturated heterocycles. The third-order valence-corrected chi connectivity index (χ3v) is 3.32. The van der Waals surface area contributed by atoms with Gasteiger partial charge in [-0.1, -0.05) is 0 Å². The zero-order valence-corrected chi connectivity index (χ0v) is 10.9. The first-order valence-electron chi connectivity index (χ1n) is 6.36. The first-order valence-corrected chi connectivity index (χ1v) is 6.36. The van der Waals surface area contributed by atoms with Crippen molar-refractivity contribution in [1.29, 1.82) is 0 Å². The van der Waals surface area contributed by atoms with Crippen molar-refractivity contribution in [3.05, 3.63) is 35.7 Å². The third-order valence-electron chi connectivity index (χ3n) is 3.32. The first-order chi connectivity index (χ1) is 9.19. The van der Waals surface area contributed by atoms with Crippen LogP contribution >= 0.6 is 0 Å². The fourth-order valence-electron chi connectivity index (χ4n) is 2.12. The van der Waals surface area contributed by atoms with Crippen molar-refractivity contribution < 1.29 is 4.39 Å². The summed E-state index contributed by atoms with van der Waals surface area (Å²) in [5.74, 6) is 1.74. The Labute approximate surface area is 111 Å². The second kappa shape index (κ2) is 4.57. The summed E-state index contributed by atoms with van der Waals surface area (Å²) in [4.78, 5) is 13.0. The van der Waals surface area contributed by atoms with Crippen LogP contribution in [0, 0.1) is 12.7 Å². The van der Waals surface area contributed by atoms with Crippen LogP contribution in [0.1, 0.15) is 30.1 Å². The number of hydrogen-bond donors (Lipinski definition) is 1. The number of pyridine rings is 1.